The predicted octanol–water partition coefficient (Wildman–Crippen LogP) is 2.60. The Balaban J connectivity index is 1.66. The molecule has 1 aliphatic rings. The fourth-order valence-electron chi connectivity index (χ4n) is 2.63. The molecule has 24 heavy (non-hydrogen) atoms. The standard InChI is InChI=1S/C17H18N2O4S/c1-17(12-7-10-24-11-12)15(20)19(16(21)18-17)8-9-23-14-6-4-3-5-13(14)22-2/h3-7,10-11H,8-9H2,1-2H3,(H,18,21)/t17-/m1/s1. The highest BCUT2D eigenvalue weighted by atomic mass is 32.1. The molecule has 1 aromatic heterocycles. The van der Waals surface area contributed by atoms with E-state index in [1.54, 1.807) is 26.2 Å². The molecule has 0 spiro atoms. The molecule has 0 saturated carbocycles. The lowest BCUT2D eigenvalue weighted by atomic mass is 9.95. The van der Waals surface area contributed by atoms with Gasteiger partial charge in [0.2, 0.25) is 0 Å². The first kappa shape index (κ1) is 16.3. The number of amides is 3. The van der Waals surface area contributed by atoms with Crippen LogP contribution >= 0.6 is 11.3 Å². The highest BCUT2D eigenvalue weighted by molar-refractivity contribution is 7.08. The number of carbonyl (C=O) groups is 2. The van der Waals surface area contributed by atoms with Gasteiger partial charge in [-0.1, -0.05) is 12.1 Å². The number of methoxy groups -OCH3 is 1. The maximum absolute atomic E-state index is 12.7. The summed E-state index contributed by atoms with van der Waals surface area (Å²) in [5, 5.41) is 6.52. The minimum Gasteiger partial charge on any atom is -0.493 e. The maximum Gasteiger partial charge on any atom is 0.325 e. The molecule has 0 aliphatic carbocycles. The van der Waals surface area contributed by atoms with Crippen molar-refractivity contribution in [2.24, 2.45) is 0 Å². The van der Waals surface area contributed by atoms with Gasteiger partial charge in [-0.3, -0.25) is 9.69 Å². The fraction of sp³-hybridized carbons (Fsp3) is 0.294. The van der Waals surface area contributed by atoms with Crippen LogP contribution in [0.15, 0.2) is 41.1 Å². The number of carbonyl (C=O) groups excluding carboxylic acids is 2. The molecule has 0 bridgehead atoms. The molecule has 1 N–H and O–H groups in total. The van der Waals surface area contributed by atoms with Crippen molar-refractivity contribution in [3.05, 3.63) is 46.7 Å². The Hall–Kier alpha value is -2.54. The van der Waals surface area contributed by atoms with Crippen LogP contribution in [-0.2, 0) is 10.3 Å². The summed E-state index contributed by atoms with van der Waals surface area (Å²) in [7, 11) is 1.56. The second-order valence-electron chi connectivity index (χ2n) is 5.52. The normalized spacial score (nSPS) is 20.2. The van der Waals surface area contributed by atoms with E-state index in [0.717, 1.165) is 5.56 Å². The molecule has 2 aromatic rings. The van der Waals surface area contributed by atoms with Gasteiger partial charge in [-0.25, -0.2) is 4.79 Å². The van der Waals surface area contributed by atoms with E-state index in [1.165, 1.54) is 16.2 Å². The quantitative estimate of drug-likeness (QED) is 0.817. The largest absolute Gasteiger partial charge is 0.493 e. The molecule has 3 rings (SSSR count). The number of thiophene rings is 1. The number of hydrogen-bond donors (Lipinski definition) is 1. The zero-order valence-corrected chi connectivity index (χ0v) is 14.3. The molecule has 3 amide bonds. The van der Waals surface area contributed by atoms with E-state index in [2.05, 4.69) is 5.32 Å². The van der Waals surface area contributed by atoms with Crippen LogP contribution in [0.5, 0.6) is 11.5 Å². The monoisotopic (exact) mass is 346 g/mol. The van der Waals surface area contributed by atoms with Gasteiger partial charge in [0.05, 0.1) is 13.7 Å². The zero-order valence-electron chi connectivity index (χ0n) is 13.4. The number of urea groups is 1. The number of ether oxygens (including phenoxy) is 2. The van der Waals surface area contributed by atoms with E-state index in [4.69, 9.17) is 9.47 Å². The number of benzene rings is 1. The van der Waals surface area contributed by atoms with E-state index in [1.807, 2.05) is 29.0 Å². The predicted molar refractivity (Wildman–Crippen MR) is 90.4 cm³/mol. The lowest BCUT2D eigenvalue weighted by Gasteiger charge is -2.20. The number of para-hydroxylation sites is 2. The first-order chi connectivity index (χ1) is 11.6. The van der Waals surface area contributed by atoms with E-state index < -0.39 is 11.6 Å². The Morgan fingerprint density at radius 1 is 1.21 bits per heavy atom. The van der Waals surface area contributed by atoms with Crippen molar-refractivity contribution in [2.45, 2.75) is 12.5 Å². The van der Waals surface area contributed by atoms with Crippen LogP contribution in [0.25, 0.3) is 0 Å². The highest BCUT2D eigenvalue weighted by Crippen LogP contribution is 2.30. The van der Waals surface area contributed by atoms with Gasteiger partial charge in [-0.2, -0.15) is 11.3 Å². The Morgan fingerprint density at radius 3 is 2.62 bits per heavy atom. The molecular weight excluding hydrogens is 328 g/mol. The summed E-state index contributed by atoms with van der Waals surface area (Å²) in [6, 6.07) is 8.68. The van der Waals surface area contributed by atoms with Gasteiger partial charge >= 0.3 is 6.03 Å². The van der Waals surface area contributed by atoms with Crippen LogP contribution < -0.4 is 14.8 Å². The van der Waals surface area contributed by atoms with Crippen LogP contribution in [0.1, 0.15) is 12.5 Å². The molecule has 2 heterocycles. The molecule has 1 fully saturated rings. The first-order valence-corrected chi connectivity index (χ1v) is 8.43. The minimum absolute atomic E-state index is 0.169. The van der Waals surface area contributed by atoms with Gasteiger partial charge in [0, 0.05) is 0 Å². The minimum atomic E-state index is -1.01. The molecule has 1 atom stereocenters. The average Bonchev–Trinajstić information content (AvgIpc) is 3.19. The molecule has 6 nitrogen and oxygen atoms in total. The Kier molecular flexibility index (Phi) is 4.44. The second kappa shape index (κ2) is 6.52. The van der Waals surface area contributed by atoms with E-state index in [-0.39, 0.29) is 19.1 Å². The number of imide groups is 1. The lowest BCUT2D eigenvalue weighted by molar-refractivity contribution is -0.131. The van der Waals surface area contributed by atoms with E-state index in [0.29, 0.717) is 11.5 Å². The Bertz CT molecular complexity index is 747. The third kappa shape index (κ3) is 2.82. The molecule has 0 radical (unpaired) electrons. The van der Waals surface area contributed by atoms with Crippen LogP contribution in [0.2, 0.25) is 0 Å². The van der Waals surface area contributed by atoms with Crippen LogP contribution in [0, 0.1) is 0 Å². The molecule has 126 valence electrons. The molecule has 1 saturated heterocycles. The van der Waals surface area contributed by atoms with Crippen LogP contribution in [0.4, 0.5) is 4.79 Å². The molecule has 1 aromatic carbocycles. The zero-order chi connectivity index (χ0) is 17.2. The van der Waals surface area contributed by atoms with Gasteiger partial charge < -0.3 is 14.8 Å². The second-order valence-corrected chi connectivity index (χ2v) is 6.30. The van der Waals surface area contributed by atoms with Gasteiger partial charge in [0.25, 0.3) is 5.91 Å². The highest BCUT2D eigenvalue weighted by Gasteiger charge is 2.48. The third-order valence-electron chi connectivity index (χ3n) is 4.02. The van der Waals surface area contributed by atoms with Crippen molar-refractivity contribution >= 4 is 23.3 Å². The van der Waals surface area contributed by atoms with Crippen molar-refractivity contribution in [2.75, 3.05) is 20.3 Å². The van der Waals surface area contributed by atoms with Gasteiger partial charge in [0.15, 0.2) is 11.5 Å². The van der Waals surface area contributed by atoms with Crippen LogP contribution in [0.3, 0.4) is 0 Å². The smallest absolute Gasteiger partial charge is 0.325 e. The number of rotatable bonds is 6. The number of hydrogen-bond acceptors (Lipinski definition) is 5. The maximum atomic E-state index is 12.7. The summed E-state index contributed by atoms with van der Waals surface area (Å²) in [6.45, 7) is 2.08. The van der Waals surface area contributed by atoms with E-state index >= 15 is 0 Å². The molecular formula is C17H18N2O4S. The van der Waals surface area contributed by atoms with Gasteiger partial charge in [0.1, 0.15) is 12.1 Å². The van der Waals surface area contributed by atoms with E-state index in [9.17, 15) is 9.59 Å². The summed E-state index contributed by atoms with van der Waals surface area (Å²) >= 11 is 1.49. The third-order valence-corrected chi connectivity index (χ3v) is 4.70. The summed E-state index contributed by atoms with van der Waals surface area (Å²) in [5.41, 5.74) is -0.222. The topological polar surface area (TPSA) is 67.9 Å². The number of nitrogens with one attached hydrogen (secondary N) is 1. The summed E-state index contributed by atoms with van der Waals surface area (Å²) in [5.74, 6) is 0.917. The summed E-state index contributed by atoms with van der Waals surface area (Å²) < 4.78 is 10.9. The number of nitrogens with zero attached hydrogens (tertiary/aromatic N) is 1. The summed E-state index contributed by atoms with van der Waals surface area (Å²) in [6.07, 6.45) is 0. The van der Waals surface area contributed by atoms with Crippen molar-refractivity contribution in [3.8, 4) is 11.5 Å². The lowest BCUT2D eigenvalue weighted by Crippen LogP contribution is -2.41. The molecule has 0 unspecified atom stereocenters. The average molecular weight is 346 g/mol. The van der Waals surface area contributed by atoms with Gasteiger partial charge in [-0.05, 0) is 41.4 Å². The first-order valence-electron chi connectivity index (χ1n) is 7.49. The van der Waals surface area contributed by atoms with Crippen molar-refractivity contribution in [3.63, 3.8) is 0 Å². The molecule has 7 heteroatoms. The fourth-order valence-corrected chi connectivity index (χ4v) is 3.39. The van der Waals surface area contributed by atoms with Gasteiger partial charge in [-0.15, -0.1) is 0 Å². The summed E-state index contributed by atoms with van der Waals surface area (Å²) in [4.78, 5) is 26.0. The SMILES string of the molecule is COc1ccccc1OCCN1C(=O)N[C@](C)(c2ccsc2)C1=O. The molecule has 1 aliphatic heterocycles. The Labute approximate surface area is 144 Å². The van der Waals surface area contributed by atoms with Crippen LogP contribution in [-0.4, -0.2) is 37.1 Å². The van der Waals surface area contributed by atoms with Crippen molar-refractivity contribution < 1.29 is 19.1 Å². The van der Waals surface area contributed by atoms with Crippen molar-refractivity contribution in [1.82, 2.24) is 10.2 Å². The van der Waals surface area contributed by atoms with Crippen molar-refractivity contribution in [1.29, 1.82) is 0 Å². The Morgan fingerprint density at radius 2 is 1.96 bits per heavy atom.